The van der Waals surface area contributed by atoms with Crippen molar-refractivity contribution in [1.29, 1.82) is 0 Å². The fraction of sp³-hybridized carbons (Fsp3) is 0.571. The van der Waals surface area contributed by atoms with Crippen molar-refractivity contribution < 1.29 is 5.11 Å². The highest BCUT2D eigenvalue weighted by molar-refractivity contribution is 5.32. The van der Waals surface area contributed by atoms with Crippen LogP contribution in [0.3, 0.4) is 0 Å². The Kier molecular flexibility index (Phi) is 2.49. The van der Waals surface area contributed by atoms with Crippen LogP contribution >= 0.6 is 0 Å². The lowest BCUT2D eigenvalue weighted by Gasteiger charge is -2.38. The molecule has 0 aliphatic heterocycles. The molecular formula is C14H19NO. The van der Waals surface area contributed by atoms with E-state index < -0.39 is 0 Å². The van der Waals surface area contributed by atoms with Gasteiger partial charge in [-0.15, -0.1) is 0 Å². The van der Waals surface area contributed by atoms with E-state index in [4.69, 9.17) is 0 Å². The molecule has 1 unspecified atom stereocenters. The lowest BCUT2D eigenvalue weighted by Crippen LogP contribution is -2.53. The van der Waals surface area contributed by atoms with Crippen molar-refractivity contribution in [2.24, 2.45) is 0 Å². The summed E-state index contributed by atoms with van der Waals surface area (Å²) in [6.07, 6.45) is 5.70. The number of nitrogens with one attached hydrogen (secondary N) is 1. The molecule has 1 aromatic rings. The highest BCUT2D eigenvalue weighted by Crippen LogP contribution is 2.32. The van der Waals surface area contributed by atoms with Crippen LogP contribution in [-0.4, -0.2) is 23.3 Å². The largest absolute Gasteiger partial charge is 0.394 e. The fourth-order valence-corrected chi connectivity index (χ4v) is 2.77. The van der Waals surface area contributed by atoms with Gasteiger partial charge in [0.05, 0.1) is 6.61 Å². The molecule has 2 heteroatoms. The van der Waals surface area contributed by atoms with Crippen LogP contribution in [0.15, 0.2) is 24.3 Å². The summed E-state index contributed by atoms with van der Waals surface area (Å²) < 4.78 is 0. The number of aliphatic hydroxyl groups excluding tert-OH is 1. The van der Waals surface area contributed by atoms with E-state index >= 15 is 0 Å². The molecule has 0 spiro atoms. The maximum Gasteiger partial charge on any atom is 0.0616 e. The van der Waals surface area contributed by atoms with Crippen molar-refractivity contribution in [3.8, 4) is 0 Å². The van der Waals surface area contributed by atoms with Gasteiger partial charge in [0.2, 0.25) is 0 Å². The summed E-state index contributed by atoms with van der Waals surface area (Å²) >= 11 is 0. The normalized spacial score (nSPS) is 28.8. The van der Waals surface area contributed by atoms with E-state index in [1.807, 2.05) is 0 Å². The molecule has 2 aliphatic rings. The molecule has 2 N–H and O–H groups in total. The molecule has 2 nitrogen and oxygen atoms in total. The quantitative estimate of drug-likeness (QED) is 0.807. The van der Waals surface area contributed by atoms with Gasteiger partial charge in [-0.05, 0) is 43.2 Å². The fourth-order valence-electron chi connectivity index (χ4n) is 2.77. The number of aliphatic hydroxyl groups is 1. The Morgan fingerprint density at radius 3 is 2.69 bits per heavy atom. The highest BCUT2D eigenvalue weighted by Gasteiger charge is 2.38. The first-order valence-electron chi connectivity index (χ1n) is 6.27. The Bertz CT molecular complexity index is 386. The zero-order valence-corrected chi connectivity index (χ0v) is 9.58. The summed E-state index contributed by atoms with van der Waals surface area (Å²) in [5.41, 5.74) is 2.83. The molecule has 0 heterocycles. The average molecular weight is 217 g/mol. The van der Waals surface area contributed by atoms with E-state index in [1.165, 1.54) is 24.0 Å². The van der Waals surface area contributed by atoms with Gasteiger partial charge in [0.1, 0.15) is 0 Å². The van der Waals surface area contributed by atoms with Crippen molar-refractivity contribution in [1.82, 2.24) is 5.32 Å². The topological polar surface area (TPSA) is 32.3 Å². The highest BCUT2D eigenvalue weighted by atomic mass is 16.3. The Morgan fingerprint density at radius 2 is 2.00 bits per heavy atom. The van der Waals surface area contributed by atoms with Crippen LogP contribution in [0, 0.1) is 0 Å². The molecule has 1 aromatic carbocycles. The molecule has 0 radical (unpaired) electrons. The standard InChI is InChI=1S/C14H19NO/c16-10-14(15-13-5-6-13)8-7-11-3-1-2-4-12(11)9-14/h1-4,13,15-16H,5-10H2. The lowest BCUT2D eigenvalue weighted by atomic mass is 9.78. The van der Waals surface area contributed by atoms with Gasteiger partial charge in [-0.2, -0.15) is 0 Å². The molecule has 2 aliphatic carbocycles. The van der Waals surface area contributed by atoms with E-state index in [2.05, 4.69) is 29.6 Å². The maximum absolute atomic E-state index is 9.68. The molecule has 0 amide bonds. The third-order valence-corrected chi connectivity index (χ3v) is 3.91. The number of hydrogen-bond donors (Lipinski definition) is 2. The second-order valence-corrected chi connectivity index (χ2v) is 5.30. The Hall–Kier alpha value is -0.860. The van der Waals surface area contributed by atoms with Crippen LogP contribution in [0.25, 0.3) is 0 Å². The van der Waals surface area contributed by atoms with Crippen molar-refractivity contribution >= 4 is 0 Å². The van der Waals surface area contributed by atoms with E-state index in [9.17, 15) is 5.11 Å². The zero-order chi connectivity index (χ0) is 11.0. The predicted molar refractivity (Wildman–Crippen MR) is 64.4 cm³/mol. The monoisotopic (exact) mass is 217 g/mol. The smallest absolute Gasteiger partial charge is 0.0616 e. The van der Waals surface area contributed by atoms with Crippen LogP contribution in [0.1, 0.15) is 30.4 Å². The van der Waals surface area contributed by atoms with Crippen LogP contribution in [0.2, 0.25) is 0 Å². The third kappa shape index (κ3) is 1.87. The van der Waals surface area contributed by atoms with Crippen LogP contribution in [-0.2, 0) is 12.8 Å². The minimum Gasteiger partial charge on any atom is -0.394 e. The van der Waals surface area contributed by atoms with Crippen LogP contribution in [0.4, 0.5) is 0 Å². The van der Waals surface area contributed by atoms with Crippen molar-refractivity contribution in [2.75, 3.05) is 6.61 Å². The first-order chi connectivity index (χ1) is 7.81. The number of fused-ring (bicyclic) bond motifs is 1. The Morgan fingerprint density at radius 1 is 1.25 bits per heavy atom. The summed E-state index contributed by atoms with van der Waals surface area (Å²) in [6.45, 7) is 0.262. The molecule has 0 aromatic heterocycles. The molecule has 0 bridgehead atoms. The third-order valence-electron chi connectivity index (χ3n) is 3.91. The summed E-state index contributed by atoms with van der Waals surface area (Å²) in [5.74, 6) is 0. The number of benzene rings is 1. The second-order valence-electron chi connectivity index (χ2n) is 5.30. The number of rotatable bonds is 3. The molecule has 86 valence electrons. The molecule has 1 saturated carbocycles. The molecular weight excluding hydrogens is 198 g/mol. The summed E-state index contributed by atoms with van der Waals surface area (Å²) in [5, 5.41) is 13.3. The molecule has 3 rings (SSSR count). The maximum atomic E-state index is 9.68. The minimum atomic E-state index is -0.0461. The predicted octanol–water partition coefficient (Wildman–Crippen LogP) is 1.66. The zero-order valence-electron chi connectivity index (χ0n) is 9.58. The van der Waals surface area contributed by atoms with Crippen molar-refractivity contribution in [2.45, 2.75) is 43.7 Å². The summed E-state index contributed by atoms with van der Waals surface area (Å²) in [4.78, 5) is 0. The van der Waals surface area contributed by atoms with Gasteiger partial charge in [-0.1, -0.05) is 24.3 Å². The van der Waals surface area contributed by atoms with Gasteiger partial charge in [0, 0.05) is 11.6 Å². The van der Waals surface area contributed by atoms with E-state index in [0.29, 0.717) is 6.04 Å². The van der Waals surface area contributed by atoms with Gasteiger partial charge < -0.3 is 10.4 Å². The molecule has 1 atom stereocenters. The first-order valence-corrected chi connectivity index (χ1v) is 6.27. The molecule has 16 heavy (non-hydrogen) atoms. The first kappa shape index (κ1) is 10.3. The summed E-state index contributed by atoms with van der Waals surface area (Å²) in [7, 11) is 0. The van der Waals surface area contributed by atoms with Crippen LogP contribution in [0.5, 0.6) is 0 Å². The Balaban J connectivity index is 1.83. The second kappa shape index (κ2) is 3.86. The van der Waals surface area contributed by atoms with Crippen LogP contribution < -0.4 is 5.32 Å². The lowest BCUT2D eigenvalue weighted by molar-refractivity contribution is 0.143. The average Bonchev–Trinajstić information content (AvgIpc) is 3.13. The van der Waals surface area contributed by atoms with Crippen molar-refractivity contribution in [3.63, 3.8) is 0 Å². The van der Waals surface area contributed by atoms with Gasteiger partial charge in [0.15, 0.2) is 0 Å². The Labute approximate surface area is 96.7 Å². The minimum absolute atomic E-state index is 0.0461. The van der Waals surface area contributed by atoms with Gasteiger partial charge in [0.25, 0.3) is 0 Å². The number of aryl methyl sites for hydroxylation is 1. The van der Waals surface area contributed by atoms with E-state index in [1.54, 1.807) is 0 Å². The molecule has 1 fully saturated rings. The van der Waals surface area contributed by atoms with Gasteiger partial charge in [-0.25, -0.2) is 0 Å². The van der Waals surface area contributed by atoms with Crippen molar-refractivity contribution in [3.05, 3.63) is 35.4 Å². The van der Waals surface area contributed by atoms with Gasteiger partial charge in [-0.3, -0.25) is 0 Å². The molecule has 0 saturated heterocycles. The summed E-state index contributed by atoms with van der Waals surface area (Å²) in [6, 6.07) is 9.29. The van der Waals surface area contributed by atoms with Gasteiger partial charge >= 0.3 is 0 Å². The van der Waals surface area contributed by atoms with E-state index in [0.717, 1.165) is 19.3 Å². The SMILES string of the molecule is OCC1(NC2CC2)CCc2ccccc2C1. The number of hydrogen-bond acceptors (Lipinski definition) is 2. The van der Waals surface area contributed by atoms with E-state index in [-0.39, 0.29) is 12.1 Å².